The maximum Gasteiger partial charge on any atom is 0.149 e. The van der Waals surface area contributed by atoms with Crippen LogP contribution in [0.2, 0.25) is 17.5 Å². The third kappa shape index (κ3) is 3.29. The van der Waals surface area contributed by atoms with Crippen LogP contribution in [0.5, 0.6) is 0 Å². The minimum atomic E-state index is 1.07. The molecule has 1 atom stereocenters. The quantitative estimate of drug-likeness (QED) is 0.393. The summed E-state index contributed by atoms with van der Waals surface area (Å²) in [5.41, 5.74) is 0. The monoisotopic (exact) mass is 234 g/mol. The number of rotatable bonds is 6. The fourth-order valence-electron chi connectivity index (χ4n) is 4.82. The van der Waals surface area contributed by atoms with Crippen LogP contribution >= 0.6 is 0 Å². The molecule has 1 heteroatoms. The minimum Gasteiger partial charge on any atom is -0.0658 e. The average molecular weight is 234 g/mol. The van der Waals surface area contributed by atoms with Gasteiger partial charge in [-0.1, -0.05) is 102 Å². The highest BCUT2D eigenvalue weighted by Crippen LogP contribution is 2.51. The molecule has 2 rings (SSSR count). The van der Waals surface area contributed by atoms with Crippen molar-refractivity contribution in [3.05, 3.63) is 0 Å². The van der Waals surface area contributed by atoms with Crippen molar-refractivity contribution in [2.75, 3.05) is 0 Å². The highest BCUT2D eigenvalue weighted by Gasteiger charge is 2.42. The van der Waals surface area contributed by atoms with Gasteiger partial charge in [0.2, 0.25) is 0 Å². The number of hydrogen-bond acceptors (Lipinski definition) is 0. The van der Waals surface area contributed by atoms with Crippen LogP contribution in [-0.4, -0.2) is 6.71 Å². The minimum absolute atomic E-state index is 1.07. The predicted molar refractivity (Wildman–Crippen MR) is 79.1 cm³/mol. The summed E-state index contributed by atoms with van der Waals surface area (Å²) in [6, 6.07) is 0. The van der Waals surface area contributed by atoms with E-state index in [1.165, 1.54) is 44.9 Å². The Hall–Kier alpha value is 0.0649. The van der Waals surface area contributed by atoms with E-state index in [1.54, 1.807) is 25.7 Å². The first kappa shape index (κ1) is 13.5. The van der Waals surface area contributed by atoms with Crippen molar-refractivity contribution in [1.82, 2.24) is 0 Å². The second-order valence-electron chi connectivity index (χ2n) is 6.62. The first-order valence-electron chi connectivity index (χ1n) is 8.36. The molecule has 0 radical (unpaired) electrons. The molecule has 98 valence electrons. The lowest BCUT2D eigenvalue weighted by molar-refractivity contribution is 0.427. The Morgan fingerprint density at radius 1 is 0.941 bits per heavy atom. The number of fused-ring (bicyclic) bond motifs is 2. The highest BCUT2D eigenvalue weighted by molar-refractivity contribution is 6.64. The Balaban J connectivity index is 1.92. The predicted octanol–water partition coefficient (Wildman–Crippen LogP) is 5.95. The normalized spacial score (nSPS) is 30.4. The van der Waals surface area contributed by atoms with Crippen molar-refractivity contribution in [3.63, 3.8) is 0 Å². The van der Waals surface area contributed by atoms with Gasteiger partial charge in [-0.3, -0.25) is 0 Å². The van der Waals surface area contributed by atoms with Crippen LogP contribution in [0.3, 0.4) is 0 Å². The first-order valence-corrected chi connectivity index (χ1v) is 8.36. The summed E-state index contributed by atoms with van der Waals surface area (Å²) in [4.78, 5) is 0. The van der Waals surface area contributed by atoms with Gasteiger partial charge in [0.05, 0.1) is 0 Å². The third-order valence-corrected chi connectivity index (χ3v) is 5.64. The summed E-state index contributed by atoms with van der Waals surface area (Å²) in [6.07, 6.45) is 16.6. The maximum atomic E-state index is 2.45. The molecule has 2 aliphatic rings. The Morgan fingerprint density at radius 3 is 2.00 bits per heavy atom. The number of unbranched alkanes of at least 4 members (excludes halogenated alkanes) is 2. The Morgan fingerprint density at radius 2 is 1.53 bits per heavy atom. The van der Waals surface area contributed by atoms with Crippen molar-refractivity contribution in [2.24, 2.45) is 0 Å². The molecule has 0 saturated carbocycles. The molecule has 0 nitrogen and oxygen atoms in total. The van der Waals surface area contributed by atoms with Crippen LogP contribution in [0.15, 0.2) is 0 Å². The zero-order valence-corrected chi connectivity index (χ0v) is 12.1. The summed E-state index contributed by atoms with van der Waals surface area (Å²) in [5, 5.41) is 0. The third-order valence-electron chi connectivity index (χ3n) is 5.64. The average Bonchev–Trinajstić information content (AvgIpc) is 2.34. The molecule has 0 N–H and O–H groups in total. The molecule has 2 fully saturated rings. The fourth-order valence-corrected chi connectivity index (χ4v) is 4.82. The summed E-state index contributed by atoms with van der Waals surface area (Å²) >= 11 is 0. The summed E-state index contributed by atoms with van der Waals surface area (Å²) in [7, 11) is 0. The SMILES string of the molecule is CCCCCC(CC)B1C2CCCC1CCC2. The van der Waals surface area contributed by atoms with Crippen molar-refractivity contribution >= 4 is 6.71 Å². The molecule has 0 aromatic rings. The summed E-state index contributed by atoms with van der Waals surface area (Å²) < 4.78 is 0. The van der Waals surface area contributed by atoms with E-state index in [9.17, 15) is 0 Å². The first-order chi connectivity index (χ1) is 8.36. The van der Waals surface area contributed by atoms with Crippen molar-refractivity contribution in [1.29, 1.82) is 0 Å². The molecule has 0 aromatic carbocycles. The zero-order valence-electron chi connectivity index (χ0n) is 12.1. The summed E-state index contributed by atoms with van der Waals surface area (Å²) in [5.74, 6) is 3.31. The fraction of sp³-hybridized carbons (Fsp3) is 1.00. The van der Waals surface area contributed by atoms with Gasteiger partial charge in [0.25, 0.3) is 0 Å². The van der Waals surface area contributed by atoms with Crippen LogP contribution in [0.25, 0.3) is 0 Å². The highest BCUT2D eigenvalue weighted by atomic mass is 14.3. The van der Waals surface area contributed by atoms with E-state index in [0.717, 1.165) is 24.2 Å². The van der Waals surface area contributed by atoms with Gasteiger partial charge in [0.1, 0.15) is 6.71 Å². The lowest BCUT2D eigenvalue weighted by atomic mass is 9.22. The van der Waals surface area contributed by atoms with Gasteiger partial charge in [0, 0.05) is 0 Å². The van der Waals surface area contributed by atoms with Gasteiger partial charge < -0.3 is 0 Å². The Kier molecular flexibility index (Phi) is 5.44. The van der Waals surface area contributed by atoms with E-state index in [0.29, 0.717) is 0 Å². The smallest absolute Gasteiger partial charge is 0.0658 e. The molecule has 0 amide bonds. The van der Waals surface area contributed by atoms with Gasteiger partial charge >= 0.3 is 0 Å². The van der Waals surface area contributed by atoms with Gasteiger partial charge in [0.15, 0.2) is 0 Å². The van der Waals surface area contributed by atoms with Crippen LogP contribution in [0.1, 0.15) is 84.5 Å². The number of hydrogen-bond donors (Lipinski definition) is 0. The van der Waals surface area contributed by atoms with E-state index >= 15 is 0 Å². The van der Waals surface area contributed by atoms with Crippen LogP contribution in [-0.2, 0) is 0 Å². The second kappa shape index (κ2) is 6.85. The maximum absolute atomic E-state index is 2.45. The van der Waals surface area contributed by atoms with Crippen LogP contribution in [0, 0.1) is 0 Å². The molecule has 2 aliphatic heterocycles. The van der Waals surface area contributed by atoms with Gasteiger partial charge in [-0.2, -0.15) is 0 Å². The van der Waals surface area contributed by atoms with E-state index in [-0.39, 0.29) is 0 Å². The van der Waals surface area contributed by atoms with Crippen LogP contribution in [0.4, 0.5) is 0 Å². The standard InChI is InChI=1S/C16H31B/c1-3-5-6-9-14(4-2)17-15-10-7-11-16(17)13-8-12-15/h14-16H,3-13H2,1-2H3. The molecular weight excluding hydrogens is 203 g/mol. The molecule has 17 heavy (non-hydrogen) atoms. The van der Waals surface area contributed by atoms with Crippen molar-refractivity contribution in [3.8, 4) is 0 Å². The lowest BCUT2D eigenvalue weighted by Gasteiger charge is -2.44. The molecular formula is C16H31B. The van der Waals surface area contributed by atoms with E-state index in [2.05, 4.69) is 13.8 Å². The van der Waals surface area contributed by atoms with Crippen LogP contribution < -0.4 is 0 Å². The molecule has 0 aliphatic carbocycles. The van der Waals surface area contributed by atoms with E-state index in [1.807, 2.05) is 0 Å². The van der Waals surface area contributed by atoms with Gasteiger partial charge in [-0.15, -0.1) is 0 Å². The molecule has 2 bridgehead atoms. The Bertz CT molecular complexity index is 192. The molecule has 0 aromatic heterocycles. The molecule has 2 heterocycles. The summed E-state index contributed by atoms with van der Waals surface area (Å²) in [6.45, 7) is 5.90. The van der Waals surface area contributed by atoms with E-state index in [4.69, 9.17) is 0 Å². The van der Waals surface area contributed by atoms with Crippen molar-refractivity contribution < 1.29 is 0 Å². The largest absolute Gasteiger partial charge is 0.149 e. The zero-order chi connectivity index (χ0) is 12.1. The molecule has 1 unspecified atom stereocenters. The second-order valence-corrected chi connectivity index (χ2v) is 6.62. The van der Waals surface area contributed by atoms with Gasteiger partial charge in [-0.05, 0) is 0 Å². The van der Waals surface area contributed by atoms with E-state index < -0.39 is 0 Å². The van der Waals surface area contributed by atoms with Gasteiger partial charge in [-0.25, -0.2) is 0 Å². The molecule has 0 spiro atoms. The van der Waals surface area contributed by atoms with Crippen molar-refractivity contribution in [2.45, 2.75) is 102 Å². The topological polar surface area (TPSA) is 0 Å². The lowest BCUT2D eigenvalue weighted by Crippen LogP contribution is -2.38. The Labute approximate surface area is 109 Å². The molecule has 2 saturated heterocycles.